The highest BCUT2D eigenvalue weighted by atomic mass is 19.4. The van der Waals surface area contributed by atoms with Crippen LogP contribution in [-0.2, 0) is 17.1 Å². The van der Waals surface area contributed by atoms with Gasteiger partial charge in [0, 0.05) is 0 Å². The van der Waals surface area contributed by atoms with Gasteiger partial charge in [-0.2, -0.15) is 26.3 Å². The summed E-state index contributed by atoms with van der Waals surface area (Å²) in [5.41, 5.74) is -7.48. The van der Waals surface area contributed by atoms with Crippen LogP contribution in [0.15, 0.2) is 0 Å². The lowest BCUT2D eigenvalue weighted by Crippen LogP contribution is -2.27. The second-order valence-corrected chi connectivity index (χ2v) is 3.92. The summed E-state index contributed by atoms with van der Waals surface area (Å²) in [4.78, 5) is 22.7. The number of esters is 1. The van der Waals surface area contributed by atoms with Crippen molar-refractivity contribution in [2.24, 2.45) is 0 Å². The van der Waals surface area contributed by atoms with Gasteiger partial charge in [-0.1, -0.05) is 0 Å². The van der Waals surface area contributed by atoms with Crippen molar-refractivity contribution in [3.05, 3.63) is 22.5 Å². The maximum absolute atomic E-state index is 13.0. The lowest BCUT2D eigenvalue weighted by Gasteiger charge is -2.17. The molecule has 1 rings (SSSR count). The summed E-state index contributed by atoms with van der Waals surface area (Å²) in [5.74, 6) is -3.18. The number of alkyl halides is 6. The maximum Gasteiger partial charge on any atom is 0.435 e. The molecule has 1 aromatic rings. The number of hydrogen-bond donors (Lipinski definition) is 0. The Labute approximate surface area is 119 Å². The van der Waals surface area contributed by atoms with E-state index in [2.05, 4.69) is 14.9 Å². The van der Waals surface area contributed by atoms with Crippen LogP contribution in [0.25, 0.3) is 0 Å². The second-order valence-electron chi connectivity index (χ2n) is 3.92. The number of halogens is 6. The molecule has 0 aliphatic rings. The number of carbonyl (C=O) groups excluding carboxylic acids is 2. The van der Waals surface area contributed by atoms with E-state index in [4.69, 9.17) is 0 Å². The molecular formula is C11H8F6N2O3. The van der Waals surface area contributed by atoms with Gasteiger partial charge in [-0.3, -0.25) is 4.79 Å². The number of Topliss-reactive ketones (excluding diaryl/α,β-unsaturated/α-hetero) is 1. The van der Waals surface area contributed by atoms with Crippen molar-refractivity contribution in [1.29, 1.82) is 0 Å². The normalized spacial score (nSPS) is 12.2. The lowest BCUT2D eigenvalue weighted by atomic mass is 10.00. The molecule has 122 valence electrons. The second kappa shape index (κ2) is 5.89. The maximum atomic E-state index is 13.0. The van der Waals surface area contributed by atoms with Crippen LogP contribution < -0.4 is 0 Å². The van der Waals surface area contributed by atoms with Crippen molar-refractivity contribution < 1.29 is 40.7 Å². The molecule has 0 saturated carbocycles. The third-order valence-corrected chi connectivity index (χ3v) is 2.35. The average molecular weight is 330 g/mol. The molecule has 0 aliphatic carbocycles. The van der Waals surface area contributed by atoms with Crippen molar-refractivity contribution in [1.82, 2.24) is 10.2 Å². The molecule has 0 amide bonds. The minimum absolute atomic E-state index is 0.339. The van der Waals surface area contributed by atoms with Crippen molar-refractivity contribution in [2.75, 3.05) is 6.61 Å². The van der Waals surface area contributed by atoms with Gasteiger partial charge in [-0.05, 0) is 13.8 Å². The zero-order valence-electron chi connectivity index (χ0n) is 11.1. The van der Waals surface area contributed by atoms with Crippen LogP contribution in [0.2, 0.25) is 0 Å². The quantitative estimate of drug-likeness (QED) is 0.484. The van der Waals surface area contributed by atoms with Gasteiger partial charge >= 0.3 is 18.3 Å². The molecule has 22 heavy (non-hydrogen) atoms. The molecule has 0 spiro atoms. The van der Waals surface area contributed by atoms with Crippen molar-refractivity contribution in [3.63, 3.8) is 0 Å². The van der Waals surface area contributed by atoms with Crippen LogP contribution in [0.1, 0.15) is 46.0 Å². The van der Waals surface area contributed by atoms with Gasteiger partial charge in [0.2, 0.25) is 0 Å². The minimum Gasteiger partial charge on any atom is -0.461 e. The predicted molar refractivity (Wildman–Crippen MR) is 58.0 cm³/mol. The molecule has 0 bridgehead atoms. The Balaban J connectivity index is 3.82. The lowest BCUT2D eigenvalue weighted by molar-refractivity contribution is -0.147. The van der Waals surface area contributed by atoms with E-state index < -0.39 is 46.6 Å². The Hall–Kier alpha value is -2.20. The summed E-state index contributed by atoms with van der Waals surface area (Å²) < 4.78 is 81.6. The molecular weight excluding hydrogens is 322 g/mol. The zero-order chi connectivity index (χ0) is 17.3. The number of hydrogen-bond acceptors (Lipinski definition) is 5. The number of ether oxygens (including phenoxy) is 1. The summed E-state index contributed by atoms with van der Waals surface area (Å²) >= 11 is 0. The standard InChI is InChI=1S/C11H8F6N2O3/c1-3-22-9(21)7-6(10(12,13)14)5(4(2)20)8(19-18-7)11(15,16)17/h3H2,1-2H3. The van der Waals surface area contributed by atoms with Gasteiger partial charge < -0.3 is 4.74 Å². The predicted octanol–water partition coefficient (Wildman–Crippen LogP) is 2.89. The summed E-state index contributed by atoms with van der Waals surface area (Å²) in [5, 5.41) is 5.21. The highest BCUT2D eigenvalue weighted by Crippen LogP contribution is 2.39. The fourth-order valence-electron chi connectivity index (χ4n) is 1.60. The van der Waals surface area contributed by atoms with Gasteiger partial charge in [0.1, 0.15) is 5.56 Å². The molecule has 0 unspecified atom stereocenters. The van der Waals surface area contributed by atoms with E-state index in [9.17, 15) is 35.9 Å². The molecule has 0 radical (unpaired) electrons. The number of rotatable bonds is 3. The van der Waals surface area contributed by atoms with Crippen LogP contribution in [0, 0.1) is 0 Å². The molecule has 0 atom stereocenters. The summed E-state index contributed by atoms with van der Waals surface area (Å²) in [6.07, 6.45) is -10.8. The number of aromatic nitrogens is 2. The molecule has 1 heterocycles. The van der Waals surface area contributed by atoms with Crippen molar-refractivity contribution in [3.8, 4) is 0 Å². The topological polar surface area (TPSA) is 69.2 Å². The highest BCUT2D eigenvalue weighted by Gasteiger charge is 2.47. The van der Waals surface area contributed by atoms with Gasteiger partial charge in [0.25, 0.3) is 0 Å². The van der Waals surface area contributed by atoms with E-state index in [1.807, 2.05) is 0 Å². The fraction of sp³-hybridized carbons (Fsp3) is 0.455. The molecule has 0 N–H and O–H groups in total. The Kier molecular flexibility index (Phi) is 4.78. The Morgan fingerprint density at radius 1 is 1.05 bits per heavy atom. The largest absolute Gasteiger partial charge is 0.461 e. The van der Waals surface area contributed by atoms with Gasteiger partial charge in [-0.25, -0.2) is 4.79 Å². The monoisotopic (exact) mass is 330 g/mol. The average Bonchev–Trinajstić information content (AvgIpc) is 2.34. The Morgan fingerprint density at radius 2 is 1.59 bits per heavy atom. The number of ketones is 1. The van der Waals surface area contributed by atoms with Crippen LogP contribution >= 0.6 is 0 Å². The first-order chi connectivity index (χ1) is 9.91. The van der Waals surface area contributed by atoms with Crippen LogP contribution in [0.3, 0.4) is 0 Å². The molecule has 0 aliphatic heterocycles. The number of carbonyl (C=O) groups is 2. The highest BCUT2D eigenvalue weighted by molar-refractivity contribution is 6.00. The Morgan fingerprint density at radius 3 is 1.95 bits per heavy atom. The third kappa shape index (κ3) is 3.52. The molecule has 0 fully saturated rings. The van der Waals surface area contributed by atoms with E-state index in [0.29, 0.717) is 6.92 Å². The summed E-state index contributed by atoms with van der Waals surface area (Å²) in [6.45, 7) is 1.43. The molecule has 0 aromatic carbocycles. The fourth-order valence-corrected chi connectivity index (χ4v) is 1.60. The summed E-state index contributed by atoms with van der Waals surface area (Å²) in [7, 11) is 0. The van der Waals surface area contributed by atoms with Gasteiger partial charge in [0.05, 0.1) is 12.2 Å². The summed E-state index contributed by atoms with van der Waals surface area (Å²) in [6, 6.07) is 0. The van der Waals surface area contributed by atoms with Gasteiger partial charge in [-0.15, -0.1) is 10.2 Å². The zero-order valence-corrected chi connectivity index (χ0v) is 11.1. The van der Waals surface area contributed by atoms with E-state index in [1.165, 1.54) is 6.92 Å². The first-order valence-electron chi connectivity index (χ1n) is 5.64. The van der Waals surface area contributed by atoms with E-state index in [-0.39, 0.29) is 6.61 Å². The Bertz CT molecular complexity index is 609. The van der Waals surface area contributed by atoms with Crippen LogP contribution in [0.5, 0.6) is 0 Å². The smallest absolute Gasteiger partial charge is 0.435 e. The van der Waals surface area contributed by atoms with Crippen molar-refractivity contribution >= 4 is 11.8 Å². The van der Waals surface area contributed by atoms with E-state index in [0.717, 1.165) is 0 Å². The van der Waals surface area contributed by atoms with E-state index >= 15 is 0 Å². The minimum atomic E-state index is -5.43. The van der Waals surface area contributed by atoms with Gasteiger partial charge in [0.15, 0.2) is 17.2 Å². The van der Waals surface area contributed by atoms with Crippen LogP contribution in [0.4, 0.5) is 26.3 Å². The SMILES string of the molecule is CCOC(=O)c1nnc(C(F)(F)F)c(C(C)=O)c1C(F)(F)F. The number of nitrogens with zero attached hydrogens (tertiary/aromatic N) is 2. The molecule has 0 saturated heterocycles. The van der Waals surface area contributed by atoms with E-state index in [1.54, 1.807) is 0 Å². The van der Waals surface area contributed by atoms with Crippen LogP contribution in [-0.4, -0.2) is 28.6 Å². The first-order valence-corrected chi connectivity index (χ1v) is 5.64. The first kappa shape index (κ1) is 17.9. The molecule has 11 heteroatoms. The molecule has 1 aromatic heterocycles. The third-order valence-electron chi connectivity index (χ3n) is 2.35. The molecule has 5 nitrogen and oxygen atoms in total. The van der Waals surface area contributed by atoms with Crippen molar-refractivity contribution in [2.45, 2.75) is 26.2 Å².